The molecule has 7 heteroatoms. The first kappa shape index (κ1) is 20.4. The lowest BCUT2D eigenvalue weighted by atomic mass is 9.66. The molecule has 2 aromatic rings. The van der Waals surface area contributed by atoms with E-state index in [0.29, 0.717) is 19.7 Å². The molecule has 29 heavy (non-hydrogen) atoms. The van der Waals surface area contributed by atoms with E-state index in [1.807, 2.05) is 41.2 Å². The molecule has 1 fully saturated rings. The minimum Gasteiger partial charge on any atom is -0.445 e. The van der Waals surface area contributed by atoms with Gasteiger partial charge in [0.15, 0.2) is 0 Å². The number of piperidine rings is 1. The largest absolute Gasteiger partial charge is 0.445 e. The predicted molar refractivity (Wildman–Crippen MR) is 114 cm³/mol. The Kier molecular flexibility index (Phi) is 5.71. The van der Waals surface area contributed by atoms with Crippen molar-refractivity contribution in [2.45, 2.75) is 56.7 Å². The average molecular weight is 462 g/mol. The third-order valence-corrected chi connectivity index (χ3v) is 7.78. The fourth-order valence-electron chi connectivity index (χ4n) is 4.63. The van der Waals surface area contributed by atoms with Crippen LogP contribution in [-0.4, -0.2) is 43.8 Å². The number of amides is 1. The van der Waals surface area contributed by atoms with Gasteiger partial charge in [-0.3, -0.25) is 4.68 Å². The molecule has 1 N–H and O–H groups in total. The summed E-state index contributed by atoms with van der Waals surface area (Å²) in [4.78, 5) is 14.2. The van der Waals surface area contributed by atoms with Crippen molar-refractivity contribution in [3.05, 3.63) is 53.3 Å². The Balaban J connectivity index is 1.41. The molecule has 1 aliphatic carbocycles. The molecule has 1 spiro atoms. The maximum Gasteiger partial charge on any atom is 0.410 e. The summed E-state index contributed by atoms with van der Waals surface area (Å²) >= 11 is 3.80. The molecule has 6 nitrogen and oxygen atoms in total. The molecule has 1 saturated heterocycles. The number of aromatic nitrogens is 2. The van der Waals surface area contributed by atoms with Gasteiger partial charge in [0.2, 0.25) is 0 Å². The SMILES string of the molecule is CC(C)n1ncc2c1C(O)C(Br)C1(CCN(C(=O)OCc3ccccc3)CC1)C2. The van der Waals surface area contributed by atoms with E-state index in [4.69, 9.17) is 4.74 Å². The Labute approximate surface area is 180 Å². The number of carbonyl (C=O) groups excluding carboxylic acids is 1. The first-order valence-corrected chi connectivity index (χ1v) is 11.2. The van der Waals surface area contributed by atoms with E-state index in [9.17, 15) is 9.90 Å². The molecule has 1 aromatic heterocycles. The number of hydrogen-bond donors (Lipinski definition) is 1. The number of hydrogen-bond acceptors (Lipinski definition) is 4. The molecule has 2 heterocycles. The summed E-state index contributed by atoms with van der Waals surface area (Å²) in [6.45, 7) is 5.71. The van der Waals surface area contributed by atoms with Crippen molar-refractivity contribution in [2.75, 3.05) is 13.1 Å². The lowest BCUT2D eigenvalue weighted by Gasteiger charge is -2.48. The first-order valence-electron chi connectivity index (χ1n) is 10.3. The van der Waals surface area contributed by atoms with E-state index in [1.54, 1.807) is 4.90 Å². The zero-order chi connectivity index (χ0) is 20.6. The van der Waals surface area contributed by atoms with Gasteiger partial charge in [0.25, 0.3) is 0 Å². The monoisotopic (exact) mass is 461 g/mol. The number of aliphatic hydroxyl groups is 1. The number of alkyl halides is 1. The van der Waals surface area contributed by atoms with Gasteiger partial charge >= 0.3 is 6.09 Å². The van der Waals surface area contributed by atoms with Gasteiger partial charge in [-0.15, -0.1) is 0 Å². The molecule has 1 amide bonds. The van der Waals surface area contributed by atoms with Gasteiger partial charge in [0.05, 0.1) is 16.7 Å². The number of carbonyl (C=O) groups is 1. The van der Waals surface area contributed by atoms with Gasteiger partial charge in [-0.1, -0.05) is 46.3 Å². The highest BCUT2D eigenvalue weighted by Crippen LogP contribution is 2.51. The van der Waals surface area contributed by atoms with Crippen LogP contribution >= 0.6 is 15.9 Å². The van der Waals surface area contributed by atoms with Gasteiger partial charge < -0.3 is 14.7 Å². The predicted octanol–water partition coefficient (Wildman–Crippen LogP) is 4.24. The molecule has 0 bridgehead atoms. The fraction of sp³-hybridized carbons (Fsp3) is 0.545. The Morgan fingerprint density at radius 2 is 2.00 bits per heavy atom. The van der Waals surface area contributed by atoms with Crippen LogP contribution in [0.5, 0.6) is 0 Å². The van der Waals surface area contributed by atoms with Crippen LogP contribution in [0.3, 0.4) is 0 Å². The summed E-state index contributed by atoms with van der Waals surface area (Å²) in [7, 11) is 0. The number of halogens is 1. The minimum absolute atomic E-state index is 0.0563. The summed E-state index contributed by atoms with van der Waals surface area (Å²) in [5.74, 6) is 0. The Bertz CT molecular complexity index is 859. The Hall–Kier alpha value is -1.86. The van der Waals surface area contributed by atoms with E-state index in [-0.39, 0.29) is 22.4 Å². The van der Waals surface area contributed by atoms with Gasteiger partial charge in [-0.2, -0.15) is 5.10 Å². The number of likely N-dealkylation sites (tertiary alicyclic amines) is 1. The van der Waals surface area contributed by atoms with Gasteiger partial charge in [0, 0.05) is 19.1 Å². The van der Waals surface area contributed by atoms with E-state index in [1.165, 1.54) is 0 Å². The van der Waals surface area contributed by atoms with Gasteiger partial charge in [-0.25, -0.2) is 4.79 Å². The van der Waals surface area contributed by atoms with Crippen LogP contribution in [0.2, 0.25) is 0 Å². The Morgan fingerprint density at radius 3 is 2.66 bits per heavy atom. The molecular weight excluding hydrogens is 434 g/mol. The molecule has 0 saturated carbocycles. The van der Waals surface area contributed by atoms with Crippen LogP contribution in [-0.2, 0) is 17.8 Å². The van der Waals surface area contributed by atoms with Crippen molar-refractivity contribution in [1.29, 1.82) is 0 Å². The third kappa shape index (κ3) is 3.82. The van der Waals surface area contributed by atoms with Crippen molar-refractivity contribution in [1.82, 2.24) is 14.7 Å². The summed E-state index contributed by atoms with van der Waals surface area (Å²) < 4.78 is 7.42. The molecule has 2 aliphatic rings. The van der Waals surface area contributed by atoms with Crippen molar-refractivity contribution < 1.29 is 14.6 Å². The average Bonchev–Trinajstić information content (AvgIpc) is 3.15. The minimum atomic E-state index is -0.597. The van der Waals surface area contributed by atoms with E-state index in [0.717, 1.165) is 36.1 Å². The Morgan fingerprint density at radius 1 is 1.31 bits per heavy atom. The summed E-state index contributed by atoms with van der Waals surface area (Å²) in [5, 5.41) is 15.5. The number of fused-ring (bicyclic) bond motifs is 1. The molecule has 2 unspecified atom stereocenters. The zero-order valence-electron chi connectivity index (χ0n) is 16.9. The number of benzene rings is 1. The number of nitrogens with zero attached hydrogens (tertiary/aromatic N) is 3. The van der Waals surface area contributed by atoms with E-state index >= 15 is 0 Å². The van der Waals surface area contributed by atoms with Crippen LogP contribution in [0.25, 0.3) is 0 Å². The van der Waals surface area contributed by atoms with Crippen LogP contribution in [0.4, 0.5) is 4.79 Å². The molecule has 0 radical (unpaired) electrons. The first-order chi connectivity index (χ1) is 13.9. The molecular formula is C22H28BrN3O3. The maximum absolute atomic E-state index is 12.5. The number of aliphatic hydroxyl groups excluding tert-OH is 1. The quantitative estimate of drug-likeness (QED) is 0.694. The molecule has 2 atom stereocenters. The van der Waals surface area contributed by atoms with E-state index in [2.05, 4.69) is 34.9 Å². The van der Waals surface area contributed by atoms with Crippen LogP contribution in [0.1, 0.15) is 55.7 Å². The second kappa shape index (κ2) is 8.11. The van der Waals surface area contributed by atoms with Gasteiger partial charge in [0.1, 0.15) is 12.7 Å². The van der Waals surface area contributed by atoms with Gasteiger partial charge in [-0.05, 0) is 49.7 Å². The lowest BCUT2D eigenvalue weighted by Crippen LogP contribution is -2.51. The maximum atomic E-state index is 12.5. The fourth-order valence-corrected chi connectivity index (χ4v) is 5.50. The molecule has 156 valence electrons. The highest BCUT2D eigenvalue weighted by atomic mass is 79.9. The molecule has 1 aromatic carbocycles. The highest BCUT2D eigenvalue weighted by molar-refractivity contribution is 9.09. The standard InChI is InChI=1S/C22H28BrN3O3/c1-15(2)26-18-17(13-24-26)12-22(20(23)19(18)27)8-10-25(11-9-22)21(28)29-14-16-6-4-3-5-7-16/h3-7,13,15,19-20,27H,8-12,14H2,1-2H3. The van der Waals surface area contributed by atoms with Crippen molar-refractivity contribution in [3.63, 3.8) is 0 Å². The molecule has 4 rings (SSSR count). The van der Waals surface area contributed by atoms with Crippen molar-refractivity contribution in [2.24, 2.45) is 5.41 Å². The second-order valence-corrected chi connectivity index (χ2v) is 9.49. The van der Waals surface area contributed by atoms with Crippen molar-refractivity contribution >= 4 is 22.0 Å². The summed E-state index contributed by atoms with van der Waals surface area (Å²) in [6, 6.07) is 9.94. The van der Waals surface area contributed by atoms with Crippen LogP contribution < -0.4 is 0 Å². The zero-order valence-corrected chi connectivity index (χ0v) is 18.5. The third-order valence-electron chi connectivity index (χ3n) is 6.31. The number of rotatable bonds is 3. The topological polar surface area (TPSA) is 67.6 Å². The summed E-state index contributed by atoms with van der Waals surface area (Å²) in [5.41, 5.74) is 2.96. The second-order valence-electron chi connectivity index (χ2n) is 8.51. The van der Waals surface area contributed by atoms with Crippen LogP contribution in [0, 0.1) is 5.41 Å². The van der Waals surface area contributed by atoms with E-state index < -0.39 is 6.10 Å². The highest BCUT2D eigenvalue weighted by Gasteiger charge is 2.49. The van der Waals surface area contributed by atoms with Crippen LogP contribution in [0.15, 0.2) is 36.5 Å². The van der Waals surface area contributed by atoms with Crippen molar-refractivity contribution in [3.8, 4) is 0 Å². The normalized spacial score (nSPS) is 23.3. The number of ether oxygens (including phenoxy) is 1. The molecule has 1 aliphatic heterocycles. The lowest BCUT2D eigenvalue weighted by molar-refractivity contribution is 0.0272. The smallest absolute Gasteiger partial charge is 0.410 e. The summed E-state index contributed by atoms with van der Waals surface area (Å²) in [6.07, 6.45) is 3.56.